The van der Waals surface area contributed by atoms with Crippen LogP contribution in [0.1, 0.15) is 18.9 Å². The summed E-state index contributed by atoms with van der Waals surface area (Å²) in [5, 5.41) is 15.5. The van der Waals surface area contributed by atoms with Crippen LogP contribution in [0.25, 0.3) is 0 Å². The highest BCUT2D eigenvalue weighted by atomic mass is 79.9. The Hall–Kier alpha value is -1.05. The fraction of sp³-hybridized carbons (Fsp3) is 0.417. The van der Waals surface area contributed by atoms with Crippen LogP contribution in [0.3, 0.4) is 0 Å². The van der Waals surface area contributed by atoms with Crippen molar-refractivity contribution in [2.24, 2.45) is 0 Å². The number of anilines is 1. The van der Waals surface area contributed by atoms with Gasteiger partial charge < -0.3 is 10.6 Å². The van der Waals surface area contributed by atoms with Gasteiger partial charge in [-0.3, -0.25) is 0 Å². The van der Waals surface area contributed by atoms with Crippen LogP contribution in [-0.4, -0.2) is 19.6 Å². The minimum Gasteiger partial charge on any atom is -0.383 e. The lowest BCUT2D eigenvalue weighted by atomic mass is 10.2. The van der Waals surface area contributed by atoms with Gasteiger partial charge >= 0.3 is 0 Å². The first kappa shape index (κ1) is 13.0. The zero-order chi connectivity index (χ0) is 11.8. The molecule has 0 aromatic heterocycles. The fourth-order valence-corrected chi connectivity index (χ4v) is 1.71. The Labute approximate surface area is 105 Å². The summed E-state index contributed by atoms with van der Waals surface area (Å²) in [6, 6.07) is 7.85. The Morgan fingerprint density at radius 2 is 2.12 bits per heavy atom. The van der Waals surface area contributed by atoms with Crippen molar-refractivity contribution >= 4 is 21.6 Å². The van der Waals surface area contributed by atoms with Gasteiger partial charge in [0.15, 0.2) is 0 Å². The second-order valence-electron chi connectivity index (χ2n) is 3.48. The summed E-state index contributed by atoms with van der Waals surface area (Å²) in [5.74, 6) is 0. The van der Waals surface area contributed by atoms with E-state index in [1.807, 2.05) is 18.2 Å². The molecule has 16 heavy (non-hydrogen) atoms. The summed E-state index contributed by atoms with van der Waals surface area (Å²) < 4.78 is 0.929. The molecule has 1 aromatic carbocycles. The topological polar surface area (TPSA) is 47.8 Å². The van der Waals surface area contributed by atoms with Gasteiger partial charge in [-0.2, -0.15) is 5.26 Å². The van der Waals surface area contributed by atoms with Crippen molar-refractivity contribution in [2.75, 3.05) is 25.0 Å². The van der Waals surface area contributed by atoms with Crippen LogP contribution < -0.4 is 10.6 Å². The van der Waals surface area contributed by atoms with E-state index in [9.17, 15) is 0 Å². The van der Waals surface area contributed by atoms with Crippen molar-refractivity contribution in [3.63, 3.8) is 0 Å². The molecular formula is C12H16BrN3. The number of nitrogens with zero attached hydrogens (tertiary/aromatic N) is 1. The third-order valence-corrected chi connectivity index (χ3v) is 2.64. The van der Waals surface area contributed by atoms with Crippen LogP contribution in [0.15, 0.2) is 22.7 Å². The first-order valence-corrected chi connectivity index (χ1v) is 6.21. The molecule has 0 aliphatic heterocycles. The van der Waals surface area contributed by atoms with E-state index in [4.69, 9.17) is 5.26 Å². The normalized spacial score (nSPS) is 9.81. The summed E-state index contributed by atoms with van der Waals surface area (Å²) >= 11 is 3.35. The summed E-state index contributed by atoms with van der Waals surface area (Å²) in [7, 11) is 0. The molecule has 0 saturated heterocycles. The van der Waals surface area contributed by atoms with Gasteiger partial charge in [0, 0.05) is 17.6 Å². The van der Waals surface area contributed by atoms with Crippen molar-refractivity contribution in [3.8, 4) is 6.07 Å². The summed E-state index contributed by atoms with van der Waals surface area (Å²) in [6.45, 7) is 4.92. The highest BCUT2D eigenvalue weighted by Crippen LogP contribution is 2.19. The third-order valence-electron chi connectivity index (χ3n) is 2.15. The second-order valence-corrected chi connectivity index (χ2v) is 4.39. The van der Waals surface area contributed by atoms with Gasteiger partial charge in [-0.05, 0) is 31.2 Å². The molecular weight excluding hydrogens is 266 g/mol. The molecule has 1 rings (SSSR count). The van der Waals surface area contributed by atoms with Crippen molar-refractivity contribution in [1.29, 1.82) is 5.26 Å². The molecule has 86 valence electrons. The Morgan fingerprint density at radius 3 is 2.81 bits per heavy atom. The molecule has 4 heteroatoms. The molecule has 3 nitrogen and oxygen atoms in total. The fourth-order valence-electron chi connectivity index (χ4n) is 1.35. The van der Waals surface area contributed by atoms with Crippen LogP contribution in [0.4, 0.5) is 5.69 Å². The standard InChI is InChI=1S/C12H16BrN3/c1-2-5-15-6-7-16-12-4-3-11(13)8-10(12)9-14/h3-4,8,15-16H,2,5-7H2,1H3. The van der Waals surface area contributed by atoms with E-state index in [-0.39, 0.29) is 0 Å². The first-order valence-electron chi connectivity index (χ1n) is 5.42. The molecule has 0 fully saturated rings. The predicted molar refractivity (Wildman–Crippen MR) is 70.5 cm³/mol. The number of hydrogen-bond donors (Lipinski definition) is 2. The maximum absolute atomic E-state index is 8.96. The molecule has 0 aliphatic carbocycles. The molecule has 1 aromatic rings. The molecule has 0 spiro atoms. The zero-order valence-corrected chi connectivity index (χ0v) is 11.0. The largest absolute Gasteiger partial charge is 0.383 e. The number of rotatable bonds is 6. The Balaban J connectivity index is 2.45. The van der Waals surface area contributed by atoms with Crippen molar-refractivity contribution in [3.05, 3.63) is 28.2 Å². The molecule has 2 N–H and O–H groups in total. The minimum absolute atomic E-state index is 0.671. The van der Waals surface area contributed by atoms with E-state index in [0.29, 0.717) is 5.56 Å². The van der Waals surface area contributed by atoms with E-state index in [0.717, 1.165) is 36.2 Å². The molecule has 0 unspecified atom stereocenters. The smallest absolute Gasteiger partial charge is 0.101 e. The SMILES string of the molecule is CCCNCCNc1ccc(Br)cc1C#N. The summed E-state index contributed by atoms with van der Waals surface area (Å²) in [4.78, 5) is 0. The second kappa shape index (κ2) is 7.26. The number of nitrogens with one attached hydrogen (secondary N) is 2. The molecule has 0 bridgehead atoms. The Bertz CT molecular complexity index is 371. The predicted octanol–water partition coefficient (Wildman–Crippen LogP) is 2.73. The van der Waals surface area contributed by atoms with Crippen LogP contribution in [0, 0.1) is 11.3 Å². The van der Waals surface area contributed by atoms with E-state index in [1.165, 1.54) is 0 Å². The molecule has 0 atom stereocenters. The molecule has 0 saturated carbocycles. The average molecular weight is 282 g/mol. The van der Waals surface area contributed by atoms with Crippen LogP contribution in [0.5, 0.6) is 0 Å². The number of nitriles is 1. The van der Waals surface area contributed by atoms with E-state index in [2.05, 4.69) is 39.6 Å². The van der Waals surface area contributed by atoms with Gasteiger partial charge in [-0.1, -0.05) is 22.9 Å². The van der Waals surface area contributed by atoms with Gasteiger partial charge in [0.2, 0.25) is 0 Å². The zero-order valence-electron chi connectivity index (χ0n) is 9.39. The van der Waals surface area contributed by atoms with Crippen molar-refractivity contribution in [1.82, 2.24) is 5.32 Å². The van der Waals surface area contributed by atoms with Gasteiger partial charge in [0.25, 0.3) is 0 Å². The Kier molecular flexibility index (Phi) is 5.91. The van der Waals surface area contributed by atoms with Crippen molar-refractivity contribution in [2.45, 2.75) is 13.3 Å². The Morgan fingerprint density at radius 1 is 1.31 bits per heavy atom. The summed E-state index contributed by atoms with van der Waals surface area (Å²) in [6.07, 6.45) is 1.14. The summed E-state index contributed by atoms with van der Waals surface area (Å²) in [5.41, 5.74) is 1.56. The minimum atomic E-state index is 0.671. The maximum atomic E-state index is 8.96. The van der Waals surface area contributed by atoms with E-state index in [1.54, 1.807) is 0 Å². The van der Waals surface area contributed by atoms with Crippen LogP contribution in [-0.2, 0) is 0 Å². The van der Waals surface area contributed by atoms with Crippen LogP contribution in [0.2, 0.25) is 0 Å². The molecule has 0 radical (unpaired) electrons. The average Bonchev–Trinajstić information content (AvgIpc) is 2.30. The first-order chi connectivity index (χ1) is 7.77. The van der Waals surface area contributed by atoms with Crippen molar-refractivity contribution < 1.29 is 0 Å². The maximum Gasteiger partial charge on any atom is 0.101 e. The number of hydrogen-bond acceptors (Lipinski definition) is 3. The number of benzene rings is 1. The molecule has 0 aliphatic rings. The molecule has 0 amide bonds. The monoisotopic (exact) mass is 281 g/mol. The van der Waals surface area contributed by atoms with Gasteiger partial charge in [0.1, 0.15) is 6.07 Å². The lowest BCUT2D eigenvalue weighted by molar-refractivity contribution is 0.688. The lowest BCUT2D eigenvalue weighted by Crippen LogP contribution is -2.22. The van der Waals surface area contributed by atoms with Gasteiger partial charge in [-0.15, -0.1) is 0 Å². The van der Waals surface area contributed by atoms with Crippen LogP contribution >= 0.6 is 15.9 Å². The highest BCUT2D eigenvalue weighted by molar-refractivity contribution is 9.10. The number of halogens is 1. The lowest BCUT2D eigenvalue weighted by Gasteiger charge is -2.08. The molecule has 0 heterocycles. The third kappa shape index (κ3) is 4.21. The quantitative estimate of drug-likeness (QED) is 0.789. The van der Waals surface area contributed by atoms with Gasteiger partial charge in [-0.25, -0.2) is 0 Å². The van der Waals surface area contributed by atoms with E-state index >= 15 is 0 Å². The highest BCUT2D eigenvalue weighted by Gasteiger charge is 2.01. The van der Waals surface area contributed by atoms with E-state index < -0.39 is 0 Å². The van der Waals surface area contributed by atoms with Gasteiger partial charge in [0.05, 0.1) is 11.3 Å².